The lowest BCUT2D eigenvalue weighted by atomic mass is 9.33. The molecule has 0 saturated heterocycles. The van der Waals surface area contributed by atoms with E-state index in [2.05, 4.69) is 268 Å². The Bertz CT molecular complexity index is 3860. The largest absolute Gasteiger partial charge is 0.311 e. The van der Waals surface area contributed by atoms with E-state index in [4.69, 9.17) is 0 Å². The summed E-state index contributed by atoms with van der Waals surface area (Å²) in [5, 5.41) is 0. The first-order valence-corrected chi connectivity index (χ1v) is 28.6. The fourth-order valence-corrected chi connectivity index (χ4v) is 15.4. The Morgan fingerprint density at radius 2 is 0.947 bits per heavy atom. The Morgan fingerprint density at radius 3 is 1.59 bits per heavy atom. The van der Waals surface area contributed by atoms with Crippen LogP contribution in [0.15, 0.2) is 192 Å². The smallest absolute Gasteiger partial charge is 0.252 e. The number of aryl methyl sites for hydroxylation is 1. The van der Waals surface area contributed by atoms with Gasteiger partial charge in [0.15, 0.2) is 0 Å². The normalized spacial score (nSPS) is 16.7. The zero-order valence-corrected chi connectivity index (χ0v) is 46.9. The number of anilines is 6. The van der Waals surface area contributed by atoms with Gasteiger partial charge in [0.25, 0.3) is 6.71 Å². The zero-order chi connectivity index (χ0) is 52.4. The van der Waals surface area contributed by atoms with Gasteiger partial charge in [0.2, 0.25) is 0 Å². The van der Waals surface area contributed by atoms with Gasteiger partial charge >= 0.3 is 0 Å². The zero-order valence-electron chi connectivity index (χ0n) is 46.1. The summed E-state index contributed by atoms with van der Waals surface area (Å²) < 4.78 is 0. The van der Waals surface area contributed by atoms with Gasteiger partial charge in [-0.3, -0.25) is 0 Å². The van der Waals surface area contributed by atoms with Gasteiger partial charge in [-0.25, -0.2) is 0 Å². The van der Waals surface area contributed by atoms with E-state index >= 15 is 0 Å². The minimum atomic E-state index is -0.531. The second-order valence-corrected chi connectivity index (χ2v) is 27.1. The average molecular weight is 1000 g/mol. The average Bonchev–Trinajstić information content (AvgIpc) is 3.40. The van der Waals surface area contributed by atoms with Crippen molar-refractivity contribution in [1.82, 2.24) is 0 Å². The van der Waals surface area contributed by atoms with Crippen LogP contribution in [0.25, 0.3) is 22.3 Å². The van der Waals surface area contributed by atoms with E-state index in [-0.39, 0.29) is 28.4 Å². The maximum Gasteiger partial charge on any atom is 0.252 e. The molecule has 0 bridgehead atoms. The first kappa shape index (κ1) is 47.4. The molecule has 2 aliphatic carbocycles. The molecule has 0 N–H and O–H groups in total. The van der Waals surface area contributed by atoms with Crippen LogP contribution in [0.2, 0.25) is 0 Å². The summed E-state index contributed by atoms with van der Waals surface area (Å²) in [4.78, 5) is 7.99. The quantitative estimate of drug-likeness (QED) is 0.163. The molecule has 14 rings (SSSR count). The molecule has 0 aromatic heterocycles. The van der Waals surface area contributed by atoms with Crippen molar-refractivity contribution < 1.29 is 0 Å². The highest BCUT2D eigenvalue weighted by molar-refractivity contribution is 7.99. The van der Waals surface area contributed by atoms with Crippen molar-refractivity contribution in [3.05, 3.63) is 232 Å². The molecule has 0 amide bonds. The molecule has 4 heteroatoms. The Kier molecular flexibility index (Phi) is 10.2. The highest BCUT2D eigenvalue weighted by Crippen LogP contribution is 2.63. The lowest BCUT2D eigenvalue weighted by Gasteiger charge is -2.48. The fraction of sp³-hybridized carbons (Fsp3) is 0.250. The Morgan fingerprint density at radius 1 is 0.421 bits per heavy atom. The lowest BCUT2D eigenvalue weighted by Crippen LogP contribution is -2.62. The SMILES string of the molecule is Cc1cc2c3c(c1)N(c1ccc(C(C)(C)C)cc1-c1ccccc1)c1cc4c(cc1B3c1cc3c(cc1N2c1ccc(C(C)(C)C)cc1)C(C)(C)CCC3(C)C)-c1ccccc1C41c2ccccc2Sc2ccccc21. The molecule has 0 radical (unpaired) electrons. The molecule has 0 unspecified atom stereocenters. The highest BCUT2D eigenvalue weighted by Gasteiger charge is 2.53. The fourth-order valence-electron chi connectivity index (χ4n) is 14.2. The molecule has 76 heavy (non-hydrogen) atoms. The predicted molar refractivity (Wildman–Crippen MR) is 325 cm³/mol. The van der Waals surface area contributed by atoms with Crippen molar-refractivity contribution >= 4 is 69.0 Å². The van der Waals surface area contributed by atoms with Crippen LogP contribution < -0.4 is 26.2 Å². The van der Waals surface area contributed by atoms with Gasteiger partial charge in [0, 0.05) is 43.8 Å². The summed E-state index contributed by atoms with van der Waals surface area (Å²) >= 11 is 1.92. The third-order valence-corrected chi connectivity index (χ3v) is 19.5. The van der Waals surface area contributed by atoms with E-state index in [9.17, 15) is 0 Å². The molecule has 2 nitrogen and oxygen atoms in total. The van der Waals surface area contributed by atoms with Gasteiger partial charge in [0.1, 0.15) is 0 Å². The first-order valence-electron chi connectivity index (χ1n) is 27.7. The van der Waals surface area contributed by atoms with Crippen molar-refractivity contribution in [3.8, 4) is 22.3 Å². The maximum absolute atomic E-state index is 2.70. The number of hydrogen-bond donors (Lipinski definition) is 0. The van der Waals surface area contributed by atoms with Crippen LogP contribution in [0.3, 0.4) is 0 Å². The monoisotopic (exact) mass is 1000 g/mol. The van der Waals surface area contributed by atoms with Gasteiger partial charge in [-0.05, 0) is 185 Å². The molecule has 9 aromatic carbocycles. The van der Waals surface area contributed by atoms with Crippen LogP contribution in [-0.2, 0) is 27.1 Å². The van der Waals surface area contributed by atoms with Crippen LogP contribution in [0.5, 0.6) is 0 Å². The summed E-state index contributed by atoms with van der Waals surface area (Å²) in [6.45, 7) is 26.2. The first-order chi connectivity index (χ1) is 36.3. The predicted octanol–water partition coefficient (Wildman–Crippen LogP) is 17.5. The van der Waals surface area contributed by atoms with E-state index in [0.29, 0.717) is 0 Å². The van der Waals surface area contributed by atoms with E-state index in [1.165, 1.54) is 133 Å². The summed E-state index contributed by atoms with van der Waals surface area (Å²) in [5.41, 5.74) is 28.4. The minimum Gasteiger partial charge on any atom is -0.311 e. The molecule has 0 atom stereocenters. The van der Waals surface area contributed by atoms with Crippen molar-refractivity contribution in [2.24, 2.45) is 0 Å². The molecule has 1 spiro atoms. The second-order valence-electron chi connectivity index (χ2n) is 26.0. The van der Waals surface area contributed by atoms with E-state index < -0.39 is 5.41 Å². The standard InChI is InChI=1S/C72H67BN2S/c1-44-37-63-67-64(38-44)75(60-34-31-47(69(5,6)7)39-50(60)45-21-13-12-14-22-45)62-42-55-51(49-23-15-16-24-52(49)72(55)53-25-17-19-27-65(53)76-66-28-20-18-26-54(66)72)40-58(62)73(67)59-41-56-57(71(10,11)36-35-70(56,8)9)43-61(59)74(63)48-32-29-46(30-33-48)68(2,3)4/h12-34,37-43H,35-36H2,1-11H3. The van der Waals surface area contributed by atoms with Gasteiger partial charge in [-0.15, -0.1) is 0 Å². The summed E-state index contributed by atoms with van der Waals surface area (Å²) in [5.74, 6) is 0. The molecular formula is C72H67BN2S. The number of nitrogens with zero attached hydrogens (tertiary/aromatic N) is 2. The van der Waals surface area contributed by atoms with Crippen molar-refractivity contribution in [3.63, 3.8) is 0 Å². The molecule has 0 saturated carbocycles. The molecule has 3 aliphatic heterocycles. The highest BCUT2D eigenvalue weighted by atomic mass is 32.2. The molecular weight excluding hydrogens is 936 g/mol. The molecule has 5 aliphatic rings. The van der Waals surface area contributed by atoms with Crippen LogP contribution in [0, 0.1) is 6.92 Å². The van der Waals surface area contributed by atoms with Gasteiger partial charge in [-0.1, -0.05) is 202 Å². The summed E-state index contributed by atoms with van der Waals surface area (Å²) in [6.07, 6.45) is 2.31. The van der Waals surface area contributed by atoms with E-state index in [1.807, 2.05) is 11.8 Å². The third kappa shape index (κ3) is 6.74. The Hall–Kier alpha value is -7.01. The molecule has 9 aromatic rings. The minimum absolute atomic E-state index is 0.0153. The van der Waals surface area contributed by atoms with Crippen molar-refractivity contribution in [1.29, 1.82) is 0 Å². The van der Waals surface area contributed by atoms with Gasteiger partial charge < -0.3 is 9.80 Å². The lowest BCUT2D eigenvalue weighted by molar-refractivity contribution is 0.332. The summed E-state index contributed by atoms with van der Waals surface area (Å²) in [7, 11) is 0. The third-order valence-electron chi connectivity index (χ3n) is 18.3. The molecule has 3 heterocycles. The molecule has 0 fully saturated rings. The van der Waals surface area contributed by atoms with Crippen LogP contribution in [0.4, 0.5) is 34.1 Å². The maximum atomic E-state index is 2.70. The number of hydrogen-bond acceptors (Lipinski definition) is 3. The summed E-state index contributed by atoms with van der Waals surface area (Å²) in [6, 6.07) is 71.5. The second kappa shape index (κ2) is 16.3. The van der Waals surface area contributed by atoms with Crippen LogP contribution in [0.1, 0.15) is 132 Å². The van der Waals surface area contributed by atoms with E-state index in [0.717, 1.165) is 12.8 Å². The number of fused-ring (bicyclic) bond motifs is 14. The Balaban J connectivity index is 1.15. The number of benzene rings is 9. The van der Waals surface area contributed by atoms with E-state index in [1.54, 1.807) is 0 Å². The van der Waals surface area contributed by atoms with Gasteiger partial charge in [-0.2, -0.15) is 0 Å². The van der Waals surface area contributed by atoms with Crippen molar-refractivity contribution in [2.75, 3.05) is 9.80 Å². The molecule has 374 valence electrons. The topological polar surface area (TPSA) is 6.48 Å². The Labute approximate surface area is 456 Å². The number of rotatable bonds is 3. The van der Waals surface area contributed by atoms with Gasteiger partial charge in [0.05, 0.1) is 11.1 Å². The van der Waals surface area contributed by atoms with Crippen LogP contribution in [-0.4, -0.2) is 6.71 Å². The van der Waals surface area contributed by atoms with Crippen molar-refractivity contribution in [2.45, 2.75) is 126 Å². The van der Waals surface area contributed by atoms with Crippen LogP contribution >= 0.6 is 11.8 Å².